The van der Waals surface area contributed by atoms with E-state index in [1.807, 2.05) is 0 Å². The zero-order valence-corrected chi connectivity index (χ0v) is 19.8. The van der Waals surface area contributed by atoms with Crippen molar-refractivity contribution in [2.24, 2.45) is 5.41 Å². The number of aromatic nitrogens is 3. The lowest BCUT2D eigenvalue weighted by molar-refractivity contribution is 0.102. The van der Waals surface area contributed by atoms with E-state index >= 15 is 0 Å². The van der Waals surface area contributed by atoms with Crippen LogP contribution in [0.3, 0.4) is 0 Å². The van der Waals surface area contributed by atoms with Crippen molar-refractivity contribution >= 4 is 23.1 Å². The van der Waals surface area contributed by atoms with Gasteiger partial charge in [-0.15, -0.1) is 0 Å². The van der Waals surface area contributed by atoms with Crippen LogP contribution in [0, 0.1) is 11.2 Å². The van der Waals surface area contributed by atoms with Crippen LogP contribution in [0.2, 0.25) is 0 Å². The van der Waals surface area contributed by atoms with E-state index in [1.54, 1.807) is 16.6 Å². The highest BCUT2D eigenvalue weighted by Gasteiger charge is 2.32. The first-order valence-corrected chi connectivity index (χ1v) is 10.6. The molecule has 0 aliphatic heterocycles. The number of para-hydroxylation sites is 1. The fourth-order valence-electron chi connectivity index (χ4n) is 4.19. The van der Waals surface area contributed by atoms with Crippen LogP contribution in [0.1, 0.15) is 77.9 Å². The standard InChI is InChI=1S/C24H34FN5O/c1-22(2,3)14-24(7,8)29-20-18(23(4,5)6)28-19-15(13-26-30(19)20)21(31)27-17-12-10-9-11-16(17)25/h9-13,28-29H,14H2,1-8H3,(H,27,31). The molecule has 0 saturated carbocycles. The number of carbonyl (C=O) groups is 1. The Kier molecular flexibility index (Phi) is 5.67. The van der Waals surface area contributed by atoms with Crippen molar-refractivity contribution in [3.05, 3.63) is 47.5 Å². The Morgan fingerprint density at radius 1 is 1.10 bits per heavy atom. The summed E-state index contributed by atoms with van der Waals surface area (Å²) in [5, 5.41) is 10.8. The molecule has 3 rings (SSSR count). The third kappa shape index (κ3) is 5.09. The second-order valence-corrected chi connectivity index (χ2v) is 11.1. The van der Waals surface area contributed by atoms with E-state index in [2.05, 4.69) is 76.1 Å². The zero-order chi connectivity index (χ0) is 23.2. The van der Waals surface area contributed by atoms with Gasteiger partial charge in [-0.2, -0.15) is 9.61 Å². The molecule has 31 heavy (non-hydrogen) atoms. The summed E-state index contributed by atoms with van der Waals surface area (Å²) >= 11 is 0. The van der Waals surface area contributed by atoms with Gasteiger partial charge in [0.25, 0.3) is 5.91 Å². The van der Waals surface area contributed by atoms with Crippen LogP contribution >= 0.6 is 0 Å². The second-order valence-electron chi connectivity index (χ2n) is 11.1. The van der Waals surface area contributed by atoms with Gasteiger partial charge in [0.2, 0.25) is 0 Å². The number of aromatic amines is 1. The molecule has 6 nitrogen and oxygen atoms in total. The number of imidazole rings is 1. The summed E-state index contributed by atoms with van der Waals surface area (Å²) < 4.78 is 15.7. The third-order valence-corrected chi connectivity index (χ3v) is 5.01. The molecule has 7 heteroatoms. The van der Waals surface area contributed by atoms with E-state index in [1.165, 1.54) is 18.3 Å². The molecule has 0 fully saturated rings. The normalized spacial score (nSPS) is 12.9. The highest BCUT2D eigenvalue weighted by Crippen LogP contribution is 2.35. The van der Waals surface area contributed by atoms with Crippen molar-refractivity contribution in [3.63, 3.8) is 0 Å². The van der Waals surface area contributed by atoms with E-state index in [0.29, 0.717) is 11.2 Å². The number of amides is 1. The number of hydrogen-bond acceptors (Lipinski definition) is 3. The van der Waals surface area contributed by atoms with Crippen molar-refractivity contribution in [1.29, 1.82) is 0 Å². The molecular weight excluding hydrogens is 393 g/mol. The third-order valence-electron chi connectivity index (χ3n) is 5.01. The summed E-state index contributed by atoms with van der Waals surface area (Å²) in [5.41, 5.74) is 1.76. The summed E-state index contributed by atoms with van der Waals surface area (Å²) in [7, 11) is 0. The fraction of sp³-hybridized carbons (Fsp3) is 0.500. The van der Waals surface area contributed by atoms with Gasteiger partial charge >= 0.3 is 0 Å². The molecule has 0 bridgehead atoms. The van der Waals surface area contributed by atoms with Gasteiger partial charge in [0.15, 0.2) is 0 Å². The number of benzene rings is 1. The molecule has 2 aromatic heterocycles. The molecule has 0 spiro atoms. The monoisotopic (exact) mass is 427 g/mol. The number of hydrogen-bond donors (Lipinski definition) is 3. The molecule has 3 N–H and O–H groups in total. The summed E-state index contributed by atoms with van der Waals surface area (Å²) in [4.78, 5) is 16.3. The smallest absolute Gasteiger partial charge is 0.261 e. The van der Waals surface area contributed by atoms with Crippen LogP contribution in [0.4, 0.5) is 15.9 Å². The Hall–Kier alpha value is -2.83. The minimum atomic E-state index is -0.479. The Labute approximate surface area is 183 Å². The Morgan fingerprint density at radius 2 is 1.74 bits per heavy atom. The van der Waals surface area contributed by atoms with Crippen molar-refractivity contribution in [2.75, 3.05) is 10.6 Å². The van der Waals surface area contributed by atoms with Gasteiger partial charge in [-0.25, -0.2) is 4.39 Å². The number of fused-ring (bicyclic) bond motifs is 1. The van der Waals surface area contributed by atoms with E-state index in [4.69, 9.17) is 0 Å². The molecule has 1 amide bonds. The zero-order valence-electron chi connectivity index (χ0n) is 19.8. The van der Waals surface area contributed by atoms with Crippen molar-refractivity contribution in [1.82, 2.24) is 14.6 Å². The molecule has 0 atom stereocenters. The lowest BCUT2D eigenvalue weighted by Gasteiger charge is -2.34. The number of carbonyl (C=O) groups excluding carboxylic acids is 1. The maximum absolute atomic E-state index is 14.0. The number of nitrogens with one attached hydrogen (secondary N) is 3. The Morgan fingerprint density at radius 3 is 2.32 bits per heavy atom. The van der Waals surface area contributed by atoms with Gasteiger partial charge in [-0.05, 0) is 37.8 Å². The number of halogens is 1. The molecule has 0 aliphatic rings. The van der Waals surface area contributed by atoms with Crippen LogP contribution in [-0.2, 0) is 5.41 Å². The number of nitrogens with zero attached hydrogens (tertiary/aromatic N) is 2. The predicted octanol–water partition coefficient (Wildman–Crippen LogP) is 5.98. The van der Waals surface area contributed by atoms with Crippen LogP contribution in [0.5, 0.6) is 0 Å². The number of H-pyrrole nitrogens is 1. The summed E-state index contributed by atoms with van der Waals surface area (Å²) in [6.45, 7) is 17.3. The molecule has 1 aromatic carbocycles. The van der Waals surface area contributed by atoms with Gasteiger partial charge in [0, 0.05) is 11.0 Å². The highest BCUT2D eigenvalue weighted by molar-refractivity contribution is 6.08. The summed E-state index contributed by atoms with van der Waals surface area (Å²) in [6, 6.07) is 6.11. The largest absolute Gasteiger partial charge is 0.364 e. The first-order chi connectivity index (χ1) is 14.2. The lowest BCUT2D eigenvalue weighted by Crippen LogP contribution is -2.36. The molecule has 0 unspecified atom stereocenters. The van der Waals surface area contributed by atoms with Crippen LogP contribution in [-0.4, -0.2) is 26.0 Å². The van der Waals surface area contributed by atoms with Crippen molar-refractivity contribution in [2.45, 2.75) is 72.8 Å². The predicted molar refractivity (Wildman–Crippen MR) is 124 cm³/mol. The van der Waals surface area contributed by atoms with E-state index in [0.717, 1.165) is 17.9 Å². The molecule has 3 aromatic rings. The molecule has 0 aliphatic carbocycles. The summed E-state index contributed by atoms with van der Waals surface area (Å²) in [5.74, 6) is -0.0589. The quantitative estimate of drug-likeness (QED) is 0.469. The van der Waals surface area contributed by atoms with E-state index < -0.39 is 11.7 Å². The van der Waals surface area contributed by atoms with E-state index in [-0.39, 0.29) is 22.1 Å². The average Bonchev–Trinajstić information content (AvgIpc) is 3.14. The molecular formula is C24H34FN5O. The topological polar surface area (TPSA) is 74.2 Å². The average molecular weight is 428 g/mol. The minimum absolute atomic E-state index is 0.138. The van der Waals surface area contributed by atoms with Crippen LogP contribution in [0.25, 0.3) is 5.65 Å². The highest BCUT2D eigenvalue weighted by atomic mass is 19.1. The first kappa shape index (κ1) is 22.8. The molecule has 0 radical (unpaired) electrons. The van der Waals surface area contributed by atoms with Gasteiger partial charge in [-0.1, -0.05) is 53.7 Å². The fourth-order valence-corrected chi connectivity index (χ4v) is 4.19. The number of rotatable bonds is 5. The van der Waals surface area contributed by atoms with Crippen LogP contribution < -0.4 is 10.6 Å². The van der Waals surface area contributed by atoms with Crippen molar-refractivity contribution < 1.29 is 9.18 Å². The maximum Gasteiger partial charge on any atom is 0.261 e. The first-order valence-electron chi connectivity index (χ1n) is 10.6. The SMILES string of the molecule is CC(C)(C)CC(C)(C)Nc1c(C(C)(C)C)[nH]c2c(C(=O)Nc3ccccc3F)cnn12. The van der Waals surface area contributed by atoms with Gasteiger partial charge in [0.1, 0.15) is 22.8 Å². The van der Waals surface area contributed by atoms with Crippen LogP contribution in [0.15, 0.2) is 30.5 Å². The number of anilines is 2. The summed E-state index contributed by atoms with van der Waals surface area (Å²) in [6.07, 6.45) is 2.45. The molecule has 168 valence electrons. The van der Waals surface area contributed by atoms with Gasteiger partial charge in [0.05, 0.1) is 17.6 Å². The molecule has 2 heterocycles. The Balaban J connectivity index is 2.03. The minimum Gasteiger partial charge on any atom is -0.364 e. The Bertz CT molecular complexity index is 1100. The van der Waals surface area contributed by atoms with Gasteiger partial charge < -0.3 is 15.6 Å². The van der Waals surface area contributed by atoms with Crippen molar-refractivity contribution in [3.8, 4) is 0 Å². The maximum atomic E-state index is 14.0. The van der Waals surface area contributed by atoms with Gasteiger partial charge in [-0.3, -0.25) is 4.79 Å². The lowest BCUT2D eigenvalue weighted by atomic mass is 9.81. The molecule has 0 saturated heterocycles. The second kappa shape index (κ2) is 7.70. The van der Waals surface area contributed by atoms with E-state index in [9.17, 15) is 9.18 Å².